The molecule has 1 aromatic heterocycles. The summed E-state index contributed by atoms with van der Waals surface area (Å²) in [5.41, 5.74) is 0.481. The first-order chi connectivity index (χ1) is 5.26. The summed E-state index contributed by atoms with van der Waals surface area (Å²) in [4.78, 5) is 10.8. The van der Waals surface area contributed by atoms with Crippen molar-refractivity contribution < 1.29 is 9.90 Å². The van der Waals surface area contributed by atoms with Gasteiger partial charge in [0.15, 0.2) is 0 Å². The zero-order chi connectivity index (χ0) is 7.90. The van der Waals surface area contributed by atoms with Crippen LogP contribution in [0.25, 0.3) is 0 Å². The standard InChI is InChI=1S/C8H8O2S/c9-7(10)8(2-3-8)6-1-4-11-5-6/h1,4-5H,2-3H2,(H,9,10). The Morgan fingerprint density at radius 3 is 2.73 bits per heavy atom. The third kappa shape index (κ3) is 0.878. The van der Waals surface area contributed by atoms with Crippen molar-refractivity contribution in [3.05, 3.63) is 22.4 Å². The molecule has 0 spiro atoms. The molecule has 0 unspecified atom stereocenters. The first-order valence-electron chi connectivity index (χ1n) is 3.52. The summed E-state index contributed by atoms with van der Waals surface area (Å²) < 4.78 is 0. The molecule has 1 N–H and O–H groups in total. The van der Waals surface area contributed by atoms with Crippen molar-refractivity contribution in [2.45, 2.75) is 18.3 Å². The fraction of sp³-hybridized carbons (Fsp3) is 0.375. The van der Waals surface area contributed by atoms with Gasteiger partial charge in [-0.15, -0.1) is 0 Å². The van der Waals surface area contributed by atoms with Crippen molar-refractivity contribution in [1.29, 1.82) is 0 Å². The fourth-order valence-electron chi connectivity index (χ4n) is 1.29. The molecule has 1 aliphatic rings. The van der Waals surface area contributed by atoms with E-state index in [0.29, 0.717) is 0 Å². The van der Waals surface area contributed by atoms with E-state index < -0.39 is 11.4 Å². The minimum absolute atomic E-state index is 0.500. The Labute approximate surface area is 68.5 Å². The minimum atomic E-state index is -0.670. The molecule has 11 heavy (non-hydrogen) atoms. The van der Waals surface area contributed by atoms with Crippen LogP contribution < -0.4 is 0 Å². The summed E-state index contributed by atoms with van der Waals surface area (Å²) in [6, 6.07) is 1.91. The van der Waals surface area contributed by atoms with Crippen molar-refractivity contribution in [3.8, 4) is 0 Å². The Kier molecular flexibility index (Phi) is 1.29. The molecule has 1 heterocycles. The van der Waals surface area contributed by atoms with Crippen LogP contribution >= 0.6 is 11.3 Å². The molecule has 1 aliphatic carbocycles. The molecule has 0 saturated heterocycles. The molecular weight excluding hydrogens is 160 g/mol. The predicted octanol–water partition coefficient (Wildman–Crippen LogP) is 1.86. The van der Waals surface area contributed by atoms with Crippen LogP contribution in [-0.2, 0) is 10.2 Å². The van der Waals surface area contributed by atoms with E-state index in [1.54, 1.807) is 11.3 Å². The average molecular weight is 168 g/mol. The van der Waals surface area contributed by atoms with Gasteiger partial charge in [0, 0.05) is 0 Å². The number of aliphatic carboxylic acids is 1. The van der Waals surface area contributed by atoms with Crippen LogP contribution in [0.2, 0.25) is 0 Å². The maximum Gasteiger partial charge on any atom is 0.314 e. The molecule has 0 aliphatic heterocycles. The zero-order valence-corrected chi connectivity index (χ0v) is 6.73. The summed E-state index contributed by atoms with van der Waals surface area (Å²) >= 11 is 1.56. The highest BCUT2D eigenvalue weighted by molar-refractivity contribution is 7.08. The number of carboxylic acid groups (broad SMARTS) is 1. The molecule has 1 aromatic rings. The van der Waals surface area contributed by atoms with E-state index in [4.69, 9.17) is 5.11 Å². The first-order valence-corrected chi connectivity index (χ1v) is 4.46. The predicted molar refractivity (Wildman–Crippen MR) is 42.9 cm³/mol. The third-order valence-electron chi connectivity index (χ3n) is 2.23. The Hall–Kier alpha value is -0.830. The Morgan fingerprint density at radius 2 is 2.36 bits per heavy atom. The lowest BCUT2D eigenvalue weighted by molar-refractivity contribution is -0.140. The largest absolute Gasteiger partial charge is 0.481 e. The number of thiophene rings is 1. The van der Waals surface area contributed by atoms with Crippen LogP contribution in [-0.4, -0.2) is 11.1 Å². The molecule has 1 saturated carbocycles. The van der Waals surface area contributed by atoms with Gasteiger partial charge in [0.25, 0.3) is 0 Å². The summed E-state index contributed by atoms with van der Waals surface area (Å²) in [6.07, 6.45) is 1.61. The summed E-state index contributed by atoms with van der Waals surface area (Å²) in [7, 11) is 0. The van der Waals surface area contributed by atoms with Crippen LogP contribution in [0.5, 0.6) is 0 Å². The molecule has 0 atom stereocenters. The molecule has 1 fully saturated rings. The highest BCUT2D eigenvalue weighted by Gasteiger charge is 2.51. The Morgan fingerprint density at radius 1 is 1.64 bits per heavy atom. The van der Waals surface area contributed by atoms with Crippen LogP contribution in [0, 0.1) is 0 Å². The van der Waals surface area contributed by atoms with E-state index >= 15 is 0 Å². The molecule has 0 amide bonds. The maximum atomic E-state index is 10.8. The van der Waals surface area contributed by atoms with E-state index in [9.17, 15) is 4.79 Å². The molecule has 0 aromatic carbocycles. The van der Waals surface area contributed by atoms with Gasteiger partial charge in [-0.1, -0.05) is 0 Å². The van der Waals surface area contributed by atoms with Gasteiger partial charge in [0.2, 0.25) is 0 Å². The third-order valence-corrected chi connectivity index (χ3v) is 2.92. The van der Waals surface area contributed by atoms with Gasteiger partial charge in [-0.3, -0.25) is 4.79 Å². The monoisotopic (exact) mass is 168 g/mol. The quantitative estimate of drug-likeness (QED) is 0.731. The lowest BCUT2D eigenvalue weighted by Crippen LogP contribution is -2.18. The lowest BCUT2D eigenvalue weighted by Gasteiger charge is -2.04. The Balaban J connectivity index is 2.36. The summed E-state index contributed by atoms with van der Waals surface area (Å²) in [5, 5.41) is 12.7. The maximum absolute atomic E-state index is 10.8. The van der Waals surface area contributed by atoms with Gasteiger partial charge in [0.1, 0.15) is 0 Å². The highest BCUT2D eigenvalue weighted by Crippen LogP contribution is 2.48. The van der Waals surface area contributed by atoms with Gasteiger partial charge < -0.3 is 5.11 Å². The van der Waals surface area contributed by atoms with Crippen molar-refractivity contribution in [2.24, 2.45) is 0 Å². The second-order valence-electron chi connectivity index (χ2n) is 2.90. The molecule has 0 bridgehead atoms. The summed E-state index contributed by atoms with van der Waals surface area (Å²) in [5.74, 6) is -0.670. The first kappa shape index (κ1) is 6.85. The van der Waals surface area contributed by atoms with Crippen LogP contribution in [0.4, 0.5) is 0 Å². The Bertz CT molecular complexity index is 272. The van der Waals surface area contributed by atoms with Gasteiger partial charge in [0.05, 0.1) is 5.41 Å². The minimum Gasteiger partial charge on any atom is -0.481 e. The molecule has 58 valence electrons. The van der Waals surface area contributed by atoms with Crippen molar-refractivity contribution in [3.63, 3.8) is 0 Å². The molecular formula is C8H8O2S. The van der Waals surface area contributed by atoms with Crippen molar-refractivity contribution in [2.75, 3.05) is 0 Å². The topological polar surface area (TPSA) is 37.3 Å². The fourth-order valence-corrected chi connectivity index (χ4v) is 2.04. The number of hydrogen-bond acceptors (Lipinski definition) is 2. The normalized spacial score (nSPS) is 19.6. The second-order valence-corrected chi connectivity index (χ2v) is 3.68. The lowest BCUT2D eigenvalue weighted by atomic mass is 10.0. The molecule has 2 rings (SSSR count). The van der Waals surface area contributed by atoms with Crippen molar-refractivity contribution in [1.82, 2.24) is 0 Å². The van der Waals surface area contributed by atoms with Crippen molar-refractivity contribution >= 4 is 17.3 Å². The van der Waals surface area contributed by atoms with Crippen LogP contribution in [0.1, 0.15) is 18.4 Å². The van der Waals surface area contributed by atoms with E-state index in [-0.39, 0.29) is 0 Å². The van der Waals surface area contributed by atoms with E-state index in [1.165, 1.54) is 0 Å². The second kappa shape index (κ2) is 2.08. The smallest absolute Gasteiger partial charge is 0.314 e. The molecule has 0 radical (unpaired) electrons. The van der Waals surface area contributed by atoms with Gasteiger partial charge in [-0.05, 0) is 35.2 Å². The van der Waals surface area contributed by atoms with Gasteiger partial charge in [-0.2, -0.15) is 11.3 Å². The summed E-state index contributed by atoms with van der Waals surface area (Å²) in [6.45, 7) is 0. The van der Waals surface area contributed by atoms with Crippen LogP contribution in [0.3, 0.4) is 0 Å². The number of carboxylic acids is 1. The average Bonchev–Trinajstić information content (AvgIpc) is 2.61. The number of carbonyl (C=O) groups is 1. The molecule has 2 nitrogen and oxygen atoms in total. The van der Waals surface area contributed by atoms with E-state index in [2.05, 4.69) is 0 Å². The van der Waals surface area contributed by atoms with Gasteiger partial charge >= 0.3 is 5.97 Å². The van der Waals surface area contributed by atoms with Gasteiger partial charge in [-0.25, -0.2) is 0 Å². The molecule has 3 heteroatoms. The van der Waals surface area contributed by atoms with Crippen LogP contribution in [0.15, 0.2) is 16.8 Å². The number of rotatable bonds is 2. The number of hydrogen-bond donors (Lipinski definition) is 1. The highest BCUT2D eigenvalue weighted by atomic mass is 32.1. The zero-order valence-electron chi connectivity index (χ0n) is 5.91. The SMILES string of the molecule is O=C(O)C1(c2ccsc2)CC1. The van der Waals surface area contributed by atoms with E-state index in [0.717, 1.165) is 18.4 Å². The van der Waals surface area contributed by atoms with E-state index in [1.807, 2.05) is 16.8 Å².